The Kier molecular flexibility index (Phi) is 2.41. The third-order valence-corrected chi connectivity index (χ3v) is 5.89. The highest BCUT2D eigenvalue weighted by Gasteiger charge is 2.57. The van der Waals surface area contributed by atoms with E-state index in [2.05, 4.69) is 75.5 Å². The van der Waals surface area contributed by atoms with E-state index in [1.807, 2.05) is 0 Å². The summed E-state index contributed by atoms with van der Waals surface area (Å²) in [6.45, 7) is 9.34. The third kappa shape index (κ3) is 1.47. The van der Waals surface area contributed by atoms with E-state index in [1.165, 1.54) is 27.9 Å². The summed E-state index contributed by atoms with van der Waals surface area (Å²) in [5, 5.41) is 3.84. The summed E-state index contributed by atoms with van der Waals surface area (Å²) in [6.07, 6.45) is 1.13. The molecular weight excluding hydrogens is 254 g/mol. The highest BCUT2D eigenvalue weighted by atomic mass is 15.1. The molecule has 2 aliphatic rings. The van der Waals surface area contributed by atoms with Crippen molar-refractivity contribution in [3.63, 3.8) is 0 Å². The van der Waals surface area contributed by atoms with Gasteiger partial charge in [-0.25, -0.2) is 0 Å². The van der Waals surface area contributed by atoms with Crippen LogP contribution in [-0.2, 0) is 17.4 Å². The summed E-state index contributed by atoms with van der Waals surface area (Å²) in [4.78, 5) is 0. The van der Waals surface area contributed by atoms with Gasteiger partial charge in [-0.2, -0.15) is 0 Å². The molecule has 0 spiro atoms. The first-order valence-corrected chi connectivity index (χ1v) is 7.97. The zero-order valence-electron chi connectivity index (χ0n) is 13.3. The van der Waals surface area contributed by atoms with Crippen molar-refractivity contribution in [2.24, 2.45) is 0 Å². The summed E-state index contributed by atoms with van der Waals surface area (Å²) in [5.41, 5.74) is 7.38. The summed E-state index contributed by atoms with van der Waals surface area (Å²) in [6, 6.07) is 15.9. The lowest BCUT2D eigenvalue weighted by Gasteiger charge is -2.36. The van der Waals surface area contributed by atoms with Crippen molar-refractivity contribution in [2.45, 2.75) is 51.0 Å². The lowest BCUT2D eigenvalue weighted by molar-refractivity contribution is 0.341. The van der Waals surface area contributed by atoms with Gasteiger partial charge < -0.3 is 5.32 Å². The van der Waals surface area contributed by atoms with Gasteiger partial charge in [-0.15, -0.1) is 0 Å². The maximum Gasteiger partial charge on any atom is 0.0697 e. The number of anilines is 1. The Labute approximate surface area is 127 Å². The van der Waals surface area contributed by atoms with Crippen LogP contribution < -0.4 is 5.32 Å². The first-order valence-electron chi connectivity index (χ1n) is 7.97. The van der Waals surface area contributed by atoms with E-state index in [1.54, 1.807) is 0 Å². The second kappa shape index (κ2) is 3.91. The highest BCUT2D eigenvalue weighted by molar-refractivity contribution is 5.70. The van der Waals surface area contributed by atoms with E-state index in [9.17, 15) is 0 Å². The molecule has 1 aliphatic heterocycles. The average Bonchev–Trinajstić information content (AvgIpc) is 2.81. The minimum Gasteiger partial charge on any atom is -0.375 e. The van der Waals surface area contributed by atoms with Crippen LogP contribution in [0.15, 0.2) is 42.5 Å². The molecule has 0 bridgehead atoms. The Morgan fingerprint density at radius 3 is 2.52 bits per heavy atom. The van der Waals surface area contributed by atoms with E-state index in [0.29, 0.717) is 5.92 Å². The van der Waals surface area contributed by atoms with Crippen molar-refractivity contribution in [3.8, 4) is 0 Å². The molecule has 0 fully saturated rings. The molecule has 4 rings (SSSR count). The number of hydrogen-bond donors (Lipinski definition) is 1. The molecule has 1 nitrogen and oxygen atoms in total. The lowest BCUT2D eigenvalue weighted by Crippen LogP contribution is -2.42. The van der Waals surface area contributed by atoms with Gasteiger partial charge in [0.2, 0.25) is 0 Å². The second-order valence-corrected chi connectivity index (χ2v) is 7.38. The molecule has 0 saturated heterocycles. The van der Waals surface area contributed by atoms with Gasteiger partial charge in [0.25, 0.3) is 0 Å². The minimum atomic E-state index is 0.0154. The molecule has 0 aromatic heterocycles. The number of nitrogens with one attached hydrogen (secondary N) is 1. The average molecular weight is 277 g/mol. The Hall–Kier alpha value is -1.76. The van der Waals surface area contributed by atoms with Crippen LogP contribution in [-0.4, -0.2) is 0 Å². The fraction of sp³-hybridized carbons (Fsp3) is 0.400. The van der Waals surface area contributed by atoms with Gasteiger partial charge in [0, 0.05) is 11.1 Å². The van der Waals surface area contributed by atoms with Crippen LogP contribution in [0.25, 0.3) is 0 Å². The lowest BCUT2D eigenvalue weighted by atomic mass is 9.70. The molecule has 1 aliphatic carbocycles. The molecule has 0 unspecified atom stereocenters. The zero-order valence-corrected chi connectivity index (χ0v) is 13.3. The molecule has 21 heavy (non-hydrogen) atoms. The minimum absolute atomic E-state index is 0.0154. The standard InChI is InChI=1S/C20H23N/c1-13(2)14-9-10-18-17(11-14)19(3)12-15-7-5-6-8-16(15)20(19,4)21-18/h5-11,13,21H,12H2,1-4H3/t19-,20-/m0/s1. The predicted molar refractivity (Wildman–Crippen MR) is 89.0 cm³/mol. The number of benzene rings is 2. The molecule has 1 N–H and O–H groups in total. The fourth-order valence-corrected chi connectivity index (χ4v) is 4.34. The maximum absolute atomic E-state index is 3.84. The number of fused-ring (bicyclic) bond motifs is 5. The van der Waals surface area contributed by atoms with Crippen LogP contribution in [0.2, 0.25) is 0 Å². The van der Waals surface area contributed by atoms with Gasteiger partial charge in [0.1, 0.15) is 0 Å². The highest BCUT2D eigenvalue weighted by Crippen LogP contribution is 2.59. The van der Waals surface area contributed by atoms with Crippen molar-refractivity contribution in [2.75, 3.05) is 5.32 Å². The summed E-state index contributed by atoms with van der Waals surface area (Å²) < 4.78 is 0. The van der Waals surface area contributed by atoms with Crippen LogP contribution in [0.1, 0.15) is 55.9 Å². The second-order valence-electron chi connectivity index (χ2n) is 7.38. The van der Waals surface area contributed by atoms with Crippen LogP contribution >= 0.6 is 0 Å². The van der Waals surface area contributed by atoms with E-state index in [4.69, 9.17) is 0 Å². The van der Waals surface area contributed by atoms with Gasteiger partial charge in [-0.05, 0) is 47.6 Å². The number of hydrogen-bond acceptors (Lipinski definition) is 1. The van der Waals surface area contributed by atoms with Crippen LogP contribution in [0.4, 0.5) is 5.69 Å². The Balaban J connectivity index is 1.92. The molecule has 2 atom stereocenters. The summed E-state index contributed by atoms with van der Waals surface area (Å²) in [5.74, 6) is 0.578. The largest absolute Gasteiger partial charge is 0.375 e. The number of rotatable bonds is 1. The Morgan fingerprint density at radius 1 is 1.00 bits per heavy atom. The molecule has 2 aromatic carbocycles. The van der Waals surface area contributed by atoms with Gasteiger partial charge in [-0.1, -0.05) is 57.2 Å². The molecule has 0 radical (unpaired) electrons. The van der Waals surface area contributed by atoms with Crippen molar-refractivity contribution < 1.29 is 0 Å². The quantitative estimate of drug-likeness (QED) is 0.776. The van der Waals surface area contributed by atoms with E-state index in [-0.39, 0.29) is 11.0 Å². The van der Waals surface area contributed by atoms with Gasteiger partial charge in [-0.3, -0.25) is 0 Å². The van der Waals surface area contributed by atoms with E-state index >= 15 is 0 Å². The van der Waals surface area contributed by atoms with Gasteiger partial charge >= 0.3 is 0 Å². The van der Waals surface area contributed by atoms with Crippen molar-refractivity contribution >= 4 is 5.69 Å². The van der Waals surface area contributed by atoms with Gasteiger partial charge in [0.05, 0.1) is 5.54 Å². The van der Waals surface area contributed by atoms with E-state index < -0.39 is 0 Å². The fourth-order valence-electron chi connectivity index (χ4n) is 4.34. The SMILES string of the molecule is CC(C)c1ccc2c(c1)[C@]1(C)Cc3ccccc3[C@]1(C)N2. The maximum atomic E-state index is 3.84. The molecular formula is C20H23N. The Bertz CT molecular complexity index is 730. The van der Waals surface area contributed by atoms with Crippen molar-refractivity contribution in [1.29, 1.82) is 0 Å². The first kappa shape index (κ1) is 12.9. The predicted octanol–water partition coefficient (Wildman–Crippen LogP) is 4.96. The monoisotopic (exact) mass is 277 g/mol. The molecule has 2 aromatic rings. The topological polar surface area (TPSA) is 12.0 Å². The molecule has 1 heteroatoms. The summed E-state index contributed by atoms with van der Waals surface area (Å²) in [7, 11) is 0. The molecule has 0 amide bonds. The van der Waals surface area contributed by atoms with Crippen molar-refractivity contribution in [1.82, 2.24) is 0 Å². The smallest absolute Gasteiger partial charge is 0.0697 e. The molecule has 1 heterocycles. The van der Waals surface area contributed by atoms with Crippen LogP contribution in [0, 0.1) is 0 Å². The summed E-state index contributed by atoms with van der Waals surface area (Å²) >= 11 is 0. The van der Waals surface area contributed by atoms with Gasteiger partial charge in [0.15, 0.2) is 0 Å². The third-order valence-electron chi connectivity index (χ3n) is 5.89. The normalized spacial score (nSPS) is 29.0. The van der Waals surface area contributed by atoms with Crippen LogP contribution in [0.3, 0.4) is 0 Å². The van der Waals surface area contributed by atoms with Crippen LogP contribution in [0.5, 0.6) is 0 Å². The molecule has 108 valence electrons. The van der Waals surface area contributed by atoms with Crippen molar-refractivity contribution in [3.05, 3.63) is 64.7 Å². The molecule has 0 saturated carbocycles. The Morgan fingerprint density at radius 2 is 1.76 bits per heavy atom. The van der Waals surface area contributed by atoms with E-state index in [0.717, 1.165) is 6.42 Å². The first-order chi connectivity index (χ1) is 9.96. The zero-order chi connectivity index (χ0) is 14.8.